The number of benzene rings is 1. The van der Waals surface area contributed by atoms with Gasteiger partial charge in [0, 0.05) is 0 Å². The normalized spacial score (nSPS) is 11.2. The zero-order chi connectivity index (χ0) is 12.0. The van der Waals surface area contributed by atoms with Crippen LogP contribution in [0.2, 0.25) is 0 Å². The van der Waals surface area contributed by atoms with Gasteiger partial charge in [-0.2, -0.15) is 0 Å². The average Bonchev–Trinajstić information content (AvgIpc) is 2.19. The van der Waals surface area contributed by atoms with E-state index in [9.17, 15) is 13.2 Å². The van der Waals surface area contributed by atoms with Crippen molar-refractivity contribution in [1.29, 1.82) is 0 Å². The molecule has 16 heavy (non-hydrogen) atoms. The van der Waals surface area contributed by atoms with Crippen molar-refractivity contribution in [3.63, 3.8) is 0 Å². The fourth-order valence-electron chi connectivity index (χ4n) is 1.04. The highest BCUT2D eigenvalue weighted by Gasteiger charge is 2.32. The van der Waals surface area contributed by atoms with Crippen LogP contribution in [0.4, 0.5) is 13.2 Å². The zero-order valence-electron chi connectivity index (χ0n) is 8.46. The van der Waals surface area contributed by atoms with Crippen LogP contribution in [-0.2, 0) is 0 Å². The van der Waals surface area contributed by atoms with Gasteiger partial charge < -0.3 is 15.2 Å². The minimum atomic E-state index is -4.71. The van der Waals surface area contributed by atoms with Crippen molar-refractivity contribution in [2.75, 3.05) is 13.2 Å². The molecule has 90 valence electrons. The predicted octanol–water partition coefficient (Wildman–Crippen LogP) is 2.31. The van der Waals surface area contributed by atoms with Crippen LogP contribution in [0.3, 0.4) is 0 Å². The molecule has 1 aromatic carbocycles. The lowest BCUT2D eigenvalue weighted by Crippen LogP contribution is -2.18. The van der Waals surface area contributed by atoms with Crippen LogP contribution in [-0.4, -0.2) is 19.5 Å². The van der Waals surface area contributed by atoms with E-state index in [1.165, 1.54) is 18.2 Å². The molecule has 1 aromatic rings. The van der Waals surface area contributed by atoms with Gasteiger partial charge in [0.1, 0.15) is 0 Å². The predicted molar refractivity (Wildman–Crippen MR) is 52.3 cm³/mol. The van der Waals surface area contributed by atoms with Crippen molar-refractivity contribution in [1.82, 2.24) is 0 Å². The molecule has 1 rings (SSSR count). The summed E-state index contributed by atoms with van der Waals surface area (Å²) in [5.74, 6) is -0.278. The zero-order valence-corrected chi connectivity index (χ0v) is 8.46. The van der Waals surface area contributed by atoms with Crippen LogP contribution >= 0.6 is 0 Å². The summed E-state index contributed by atoms with van der Waals surface area (Å²) in [5, 5.41) is 0. The minimum Gasteiger partial charge on any atom is -0.490 e. The van der Waals surface area contributed by atoms with E-state index in [0.29, 0.717) is 13.0 Å². The lowest BCUT2D eigenvalue weighted by molar-refractivity contribution is -0.275. The fourth-order valence-corrected chi connectivity index (χ4v) is 1.04. The molecule has 0 fully saturated rings. The molecule has 0 aliphatic carbocycles. The van der Waals surface area contributed by atoms with Gasteiger partial charge in [-0.25, -0.2) is 0 Å². The second kappa shape index (κ2) is 5.60. The van der Waals surface area contributed by atoms with Gasteiger partial charge in [-0.1, -0.05) is 12.1 Å². The van der Waals surface area contributed by atoms with E-state index in [0.717, 1.165) is 0 Å². The van der Waals surface area contributed by atoms with E-state index in [1.807, 2.05) is 0 Å². The summed E-state index contributed by atoms with van der Waals surface area (Å²) in [4.78, 5) is 0. The molecule has 0 atom stereocenters. The van der Waals surface area contributed by atoms with E-state index in [1.54, 1.807) is 6.07 Å². The number of halogens is 3. The van der Waals surface area contributed by atoms with Crippen molar-refractivity contribution < 1.29 is 22.6 Å². The molecule has 3 nitrogen and oxygen atoms in total. The van der Waals surface area contributed by atoms with E-state index in [2.05, 4.69) is 4.74 Å². The SMILES string of the molecule is NCCCOc1ccccc1OC(F)(F)F. The van der Waals surface area contributed by atoms with E-state index >= 15 is 0 Å². The molecule has 0 aliphatic heterocycles. The molecule has 0 spiro atoms. The summed E-state index contributed by atoms with van der Waals surface area (Å²) in [6.07, 6.45) is -4.15. The van der Waals surface area contributed by atoms with Crippen molar-refractivity contribution in [3.8, 4) is 11.5 Å². The quantitative estimate of drug-likeness (QED) is 0.796. The number of alkyl halides is 3. The first-order valence-corrected chi connectivity index (χ1v) is 4.70. The number of rotatable bonds is 5. The number of ether oxygens (including phenoxy) is 2. The summed E-state index contributed by atoms with van der Waals surface area (Å²) >= 11 is 0. The Bertz CT molecular complexity index is 328. The molecule has 6 heteroatoms. The smallest absolute Gasteiger partial charge is 0.490 e. The molecule has 0 aromatic heterocycles. The van der Waals surface area contributed by atoms with Gasteiger partial charge in [-0.3, -0.25) is 0 Å². The van der Waals surface area contributed by atoms with Crippen LogP contribution in [0, 0.1) is 0 Å². The van der Waals surface area contributed by atoms with Gasteiger partial charge in [0.25, 0.3) is 0 Å². The third kappa shape index (κ3) is 4.39. The Hall–Kier alpha value is -1.43. The van der Waals surface area contributed by atoms with Gasteiger partial charge in [0.15, 0.2) is 11.5 Å². The van der Waals surface area contributed by atoms with Crippen molar-refractivity contribution in [3.05, 3.63) is 24.3 Å². The molecular formula is C10H12F3NO2. The number of hydrogen-bond donors (Lipinski definition) is 1. The summed E-state index contributed by atoms with van der Waals surface area (Å²) in [6.45, 7) is 0.678. The highest BCUT2D eigenvalue weighted by molar-refractivity contribution is 5.39. The summed E-state index contributed by atoms with van der Waals surface area (Å²) in [5.41, 5.74) is 5.24. The van der Waals surface area contributed by atoms with E-state index in [-0.39, 0.29) is 18.1 Å². The molecule has 0 saturated heterocycles. The van der Waals surface area contributed by atoms with Gasteiger partial charge in [-0.05, 0) is 25.1 Å². The van der Waals surface area contributed by atoms with Crippen LogP contribution in [0.25, 0.3) is 0 Å². The number of hydrogen-bond acceptors (Lipinski definition) is 3. The highest BCUT2D eigenvalue weighted by atomic mass is 19.4. The minimum absolute atomic E-state index is 0.0632. The topological polar surface area (TPSA) is 44.5 Å². The monoisotopic (exact) mass is 235 g/mol. The largest absolute Gasteiger partial charge is 0.573 e. The lowest BCUT2D eigenvalue weighted by Gasteiger charge is -2.13. The number of para-hydroxylation sites is 2. The summed E-state index contributed by atoms with van der Waals surface area (Å²) in [7, 11) is 0. The highest BCUT2D eigenvalue weighted by Crippen LogP contribution is 2.31. The van der Waals surface area contributed by atoms with Crippen LogP contribution < -0.4 is 15.2 Å². The van der Waals surface area contributed by atoms with Gasteiger partial charge >= 0.3 is 6.36 Å². The maximum absolute atomic E-state index is 12.0. The molecule has 2 N–H and O–H groups in total. The second-order valence-electron chi connectivity index (χ2n) is 2.99. The van der Waals surface area contributed by atoms with E-state index in [4.69, 9.17) is 10.5 Å². The lowest BCUT2D eigenvalue weighted by atomic mass is 10.3. The Balaban J connectivity index is 2.68. The molecular weight excluding hydrogens is 223 g/mol. The van der Waals surface area contributed by atoms with Crippen molar-refractivity contribution >= 4 is 0 Å². The maximum atomic E-state index is 12.0. The van der Waals surface area contributed by atoms with Gasteiger partial charge in [-0.15, -0.1) is 13.2 Å². The standard InChI is InChI=1S/C10H12F3NO2/c11-10(12,13)16-9-5-2-1-4-8(9)15-7-3-6-14/h1-2,4-5H,3,6-7,14H2. The molecule has 0 radical (unpaired) electrons. The van der Waals surface area contributed by atoms with Crippen LogP contribution in [0.15, 0.2) is 24.3 Å². The molecule has 0 heterocycles. The molecule has 0 saturated carbocycles. The molecule has 0 amide bonds. The third-order valence-corrected chi connectivity index (χ3v) is 1.68. The Morgan fingerprint density at radius 3 is 2.31 bits per heavy atom. The number of nitrogens with two attached hydrogens (primary N) is 1. The van der Waals surface area contributed by atoms with Crippen LogP contribution in [0.1, 0.15) is 6.42 Å². The Labute approximate surface area is 91.0 Å². The fraction of sp³-hybridized carbons (Fsp3) is 0.400. The van der Waals surface area contributed by atoms with Gasteiger partial charge in [0.05, 0.1) is 6.61 Å². The molecule has 0 bridgehead atoms. The molecule has 0 unspecified atom stereocenters. The average molecular weight is 235 g/mol. The second-order valence-corrected chi connectivity index (χ2v) is 2.99. The summed E-state index contributed by atoms with van der Waals surface area (Å²) in [6, 6.07) is 5.63. The van der Waals surface area contributed by atoms with Crippen LogP contribution in [0.5, 0.6) is 11.5 Å². The summed E-state index contributed by atoms with van der Waals surface area (Å²) < 4.78 is 45.0. The third-order valence-electron chi connectivity index (χ3n) is 1.68. The Morgan fingerprint density at radius 2 is 1.75 bits per heavy atom. The van der Waals surface area contributed by atoms with Crippen molar-refractivity contribution in [2.45, 2.75) is 12.8 Å². The maximum Gasteiger partial charge on any atom is 0.573 e. The first-order chi connectivity index (χ1) is 7.53. The first kappa shape index (κ1) is 12.6. The Kier molecular flexibility index (Phi) is 4.42. The first-order valence-electron chi connectivity index (χ1n) is 4.70. The van der Waals surface area contributed by atoms with Gasteiger partial charge in [0.2, 0.25) is 0 Å². The Morgan fingerprint density at radius 1 is 1.12 bits per heavy atom. The van der Waals surface area contributed by atoms with Crippen molar-refractivity contribution in [2.24, 2.45) is 5.73 Å². The van der Waals surface area contributed by atoms with E-state index < -0.39 is 6.36 Å². The molecule has 0 aliphatic rings.